The Balaban J connectivity index is 1.80. The van der Waals surface area contributed by atoms with E-state index in [0.29, 0.717) is 17.5 Å². The van der Waals surface area contributed by atoms with Crippen LogP contribution in [-0.4, -0.2) is 20.7 Å². The molecule has 2 rings (SSSR count). The first-order valence-corrected chi connectivity index (χ1v) is 9.50. The maximum absolute atomic E-state index is 12.8. The Morgan fingerprint density at radius 2 is 1.57 bits per heavy atom. The number of benzene rings is 2. The summed E-state index contributed by atoms with van der Waals surface area (Å²) in [4.78, 5) is 0.339. The molecular weight excluding hydrogens is 313 g/mol. The van der Waals surface area contributed by atoms with Crippen molar-refractivity contribution in [1.29, 1.82) is 0 Å². The molecule has 2 aromatic carbocycles. The molecule has 0 radical (unpaired) electrons. The minimum atomic E-state index is -3.14. The Kier molecular flexibility index (Phi) is 5.91. The molecule has 124 valence electrons. The topological polar surface area (TPSA) is 46.2 Å². The second kappa shape index (κ2) is 7.70. The summed E-state index contributed by atoms with van der Waals surface area (Å²) in [5, 5.41) is 3.42. The summed E-state index contributed by atoms with van der Waals surface area (Å²) in [7, 11) is -3.14. The maximum atomic E-state index is 12.8. The van der Waals surface area contributed by atoms with E-state index in [2.05, 4.69) is 12.2 Å². The van der Waals surface area contributed by atoms with Crippen molar-refractivity contribution in [3.8, 4) is 0 Å². The quantitative estimate of drug-likeness (QED) is 0.844. The van der Waals surface area contributed by atoms with E-state index in [1.54, 1.807) is 12.1 Å². The second-order valence-corrected chi connectivity index (χ2v) is 7.88. The molecule has 0 fully saturated rings. The SMILES string of the molecule is C[C@@H](CCc1ccc(F)cc1)NCc1ccc(S(C)(=O)=O)cc1. The van der Waals surface area contributed by atoms with Crippen LogP contribution in [0.15, 0.2) is 53.4 Å². The lowest BCUT2D eigenvalue weighted by Crippen LogP contribution is -2.25. The minimum absolute atomic E-state index is 0.211. The Hall–Kier alpha value is -1.72. The number of hydrogen-bond donors (Lipinski definition) is 1. The zero-order chi connectivity index (χ0) is 16.9. The highest BCUT2D eigenvalue weighted by Gasteiger charge is 2.07. The van der Waals surface area contributed by atoms with Gasteiger partial charge in [-0.25, -0.2) is 12.8 Å². The Morgan fingerprint density at radius 1 is 1.00 bits per heavy atom. The van der Waals surface area contributed by atoms with Crippen LogP contribution in [0.5, 0.6) is 0 Å². The van der Waals surface area contributed by atoms with Gasteiger partial charge in [0.1, 0.15) is 5.82 Å². The van der Waals surface area contributed by atoms with Crippen LogP contribution in [0.1, 0.15) is 24.5 Å². The van der Waals surface area contributed by atoms with Crippen molar-refractivity contribution in [2.75, 3.05) is 6.26 Å². The summed E-state index contributed by atoms with van der Waals surface area (Å²) in [5.41, 5.74) is 2.17. The molecule has 0 aliphatic carbocycles. The van der Waals surface area contributed by atoms with Gasteiger partial charge in [-0.1, -0.05) is 24.3 Å². The van der Waals surface area contributed by atoms with Gasteiger partial charge in [0, 0.05) is 18.8 Å². The van der Waals surface area contributed by atoms with Crippen molar-refractivity contribution in [3.63, 3.8) is 0 Å². The third kappa shape index (κ3) is 5.77. The molecule has 1 atom stereocenters. The molecule has 5 heteroatoms. The van der Waals surface area contributed by atoms with Crippen LogP contribution >= 0.6 is 0 Å². The van der Waals surface area contributed by atoms with Gasteiger partial charge in [0.25, 0.3) is 0 Å². The largest absolute Gasteiger partial charge is 0.310 e. The van der Waals surface area contributed by atoms with Gasteiger partial charge in [-0.3, -0.25) is 0 Å². The third-order valence-electron chi connectivity index (χ3n) is 3.79. The average molecular weight is 335 g/mol. The van der Waals surface area contributed by atoms with Gasteiger partial charge in [-0.2, -0.15) is 0 Å². The molecule has 0 heterocycles. The van der Waals surface area contributed by atoms with Gasteiger partial charge >= 0.3 is 0 Å². The number of hydrogen-bond acceptors (Lipinski definition) is 3. The molecule has 3 nitrogen and oxygen atoms in total. The lowest BCUT2D eigenvalue weighted by Gasteiger charge is -2.14. The number of aryl methyl sites for hydroxylation is 1. The molecule has 0 unspecified atom stereocenters. The number of halogens is 1. The highest BCUT2D eigenvalue weighted by molar-refractivity contribution is 7.90. The van der Waals surface area contributed by atoms with E-state index in [9.17, 15) is 12.8 Å². The van der Waals surface area contributed by atoms with Gasteiger partial charge in [0.05, 0.1) is 4.90 Å². The maximum Gasteiger partial charge on any atom is 0.175 e. The number of nitrogens with one attached hydrogen (secondary N) is 1. The zero-order valence-corrected chi connectivity index (χ0v) is 14.2. The highest BCUT2D eigenvalue weighted by Crippen LogP contribution is 2.11. The lowest BCUT2D eigenvalue weighted by atomic mass is 10.1. The first-order valence-electron chi connectivity index (χ1n) is 7.61. The third-order valence-corrected chi connectivity index (χ3v) is 4.91. The van der Waals surface area contributed by atoms with Crippen molar-refractivity contribution in [2.45, 2.75) is 37.2 Å². The van der Waals surface area contributed by atoms with E-state index < -0.39 is 9.84 Å². The highest BCUT2D eigenvalue weighted by atomic mass is 32.2. The van der Waals surface area contributed by atoms with Crippen LogP contribution in [0.3, 0.4) is 0 Å². The molecule has 0 aliphatic heterocycles. The summed E-state index contributed by atoms with van der Waals surface area (Å²) >= 11 is 0. The van der Waals surface area contributed by atoms with Crippen LogP contribution in [0.2, 0.25) is 0 Å². The standard InChI is InChI=1S/C18H22FNO2S/c1-14(3-4-15-5-9-17(19)10-6-15)20-13-16-7-11-18(12-8-16)23(2,21)22/h5-12,14,20H,3-4,13H2,1-2H3/t14-/m0/s1. The van der Waals surface area contributed by atoms with Crippen molar-refractivity contribution < 1.29 is 12.8 Å². The summed E-state index contributed by atoms with van der Waals surface area (Å²) < 4.78 is 35.7. The molecule has 23 heavy (non-hydrogen) atoms. The minimum Gasteiger partial charge on any atom is -0.310 e. The monoisotopic (exact) mass is 335 g/mol. The zero-order valence-electron chi connectivity index (χ0n) is 13.4. The van der Waals surface area contributed by atoms with E-state index in [1.807, 2.05) is 24.3 Å². The van der Waals surface area contributed by atoms with Gasteiger partial charge in [0.15, 0.2) is 9.84 Å². The van der Waals surface area contributed by atoms with Gasteiger partial charge in [-0.05, 0) is 55.2 Å². The average Bonchev–Trinajstić information content (AvgIpc) is 2.52. The van der Waals surface area contributed by atoms with E-state index in [1.165, 1.54) is 18.4 Å². The second-order valence-electron chi connectivity index (χ2n) is 5.86. The van der Waals surface area contributed by atoms with E-state index >= 15 is 0 Å². The summed E-state index contributed by atoms with van der Waals surface area (Å²) in [5.74, 6) is -0.211. The van der Waals surface area contributed by atoms with Crippen LogP contribution in [0.25, 0.3) is 0 Å². The summed E-state index contributed by atoms with van der Waals surface area (Å²) in [6.45, 7) is 2.79. The molecular formula is C18H22FNO2S. The molecule has 0 bridgehead atoms. The Labute approximate surface area is 137 Å². The van der Waals surface area contributed by atoms with Crippen molar-refractivity contribution in [1.82, 2.24) is 5.32 Å². The van der Waals surface area contributed by atoms with Crippen LogP contribution in [0.4, 0.5) is 4.39 Å². The number of sulfone groups is 1. The van der Waals surface area contributed by atoms with E-state index in [4.69, 9.17) is 0 Å². The van der Waals surface area contributed by atoms with Gasteiger partial charge < -0.3 is 5.32 Å². The van der Waals surface area contributed by atoms with Crippen LogP contribution in [-0.2, 0) is 22.8 Å². The Bertz CT molecular complexity index is 725. The Morgan fingerprint density at radius 3 is 2.13 bits per heavy atom. The van der Waals surface area contributed by atoms with E-state index in [0.717, 1.165) is 24.0 Å². The smallest absolute Gasteiger partial charge is 0.175 e. The van der Waals surface area contributed by atoms with Crippen LogP contribution < -0.4 is 5.32 Å². The fourth-order valence-corrected chi connectivity index (χ4v) is 2.91. The predicted octanol–water partition coefficient (Wildman–Crippen LogP) is 3.34. The van der Waals surface area contributed by atoms with Gasteiger partial charge in [0.2, 0.25) is 0 Å². The van der Waals surface area contributed by atoms with Gasteiger partial charge in [-0.15, -0.1) is 0 Å². The molecule has 0 saturated carbocycles. The molecule has 1 N–H and O–H groups in total. The number of rotatable bonds is 7. The van der Waals surface area contributed by atoms with Crippen molar-refractivity contribution >= 4 is 9.84 Å². The molecule has 0 saturated heterocycles. The fourth-order valence-electron chi connectivity index (χ4n) is 2.28. The van der Waals surface area contributed by atoms with Crippen LogP contribution in [0, 0.1) is 5.82 Å². The molecule has 0 spiro atoms. The van der Waals surface area contributed by atoms with E-state index in [-0.39, 0.29) is 5.82 Å². The molecule has 2 aromatic rings. The molecule has 0 amide bonds. The van der Waals surface area contributed by atoms with Crippen molar-refractivity contribution in [2.24, 2.45) is 0 Å². The molecule has 0 aromatic heterocycles. The normalized spacial score (nSPS) is 13.0. The summed E-state index contributed by atoms with van der Waals surface area (Å²) in [6.07, 6.45) is 3.05. The predicted molar refractivity (Wildman–Crippen MR) is 90.6 cm³/mol. The first-order chi connectivity index (χ1) is 10.8. The first kappa shape index (κ1) is 17.6. The summed E-state index contributed by atoms with van der Waals surface area (Å²) in [6, 6.07) is 13.8. The lowest BCUT2D eigenvalue weighted by molar-refractivity contribution is 0.513. The fraction of sp³-hybridized carbons (Fsp3) is 0.333. The van der Waals surface area contributed by atoms with Crippen molar-refractivity contribution in [3.05, 3.63) is 65.5 Å². The molecule has 0 aliphatic rings.